The molecule has 2 aliphatic heterocycles. The van der Waals surface area contributed by atoms with Gasteiger partial charge in [0.1, 0.15) is 23.6 Å². The first-order valence-corrected chi connectivity index (χ1v) is 7.82. The highest BCUT2D eigenvalue weighted by Crippen LogP contribution is 2.36. The lowest BCUT2D eigenvalue weighted by Gasteiger charge is -2.47. The Morgan fingerprint density at radius 2 is 2.36 bits per heavy atom. The summed E-state index contributed by atoms with van der Waals surface area (Å²) in [6.07, 6.45) is 3.80. The number of carboxylic acids is 1. The molecule has 1 aromatic heterocycles. The molecule has 3 rings (SSSR count). The third-order valence-electron chi connectivity index (χ3n) is 3.52. The molecule has 1 aromatic rings. The van der Waals surface area contributed by atoms with E-state index in [1.54, 1.807) is 6.07 Å². The number of aromatic nitrogens is 1. The number of ether oxygens (including phenoxy) is 1. The molecular formula is C13H12N2O6S. The molecule has 0 aromatic carbocycles. The molecule has 22 heavy (non-hydrogen) atoms. The van der Waals surface area contributed by atoms with E-state index in [2.05, 4.69) is 0 Å². The molecule has 1 fully saturated rings. The van der Waals surface area contributed by atoms with Crippen LogP contribution in [0.1, 0.15) is 0 Å². The van der Waals surface area contributed by atoms with E-state index in [-0.39, 0.29) is 18.1 Å². The summed E-state index contributed by atoms with van der Waals surface area (Å²) < 4.78 is 18.0. The number of pyridine rings is 1. The lowest BCUT2D eigenvalue weighted by molar-refractivity contribution is -0.605. The maximum Gasteiger partial charge on any atom is 0.352 e. The Morgan fingerprint density at radius 1 is 1.59 bits per heavy atom. The molecule has 0 bridgehead atoms. The van der Waals surface area contributed by atoms with Crippen molar-refractivity contribution in [3.8, 4) is 5.75 Å². The lowest BCUT2D eigenvalue weighted by atomic mass is 9.97. The molecule has 8 nitrogen and oxygen atoms in total. The van der Waals surface area contributed by atoms with Gasteiger partial charge >= 0.3 is 5.97 Å². The minimum absolute atomic E-state index is 0.0529. The Labute approximate surface area is 127 Å². The minimum atomic E-state index is -1.36. The molecule has 0 aliphatic carbocycles. The number of carbonyl (C=O) groups is 2. The zero-order valence-corrected chi connectivity index (χ0v) is 12.1. The number of aliphatic carboxylic acids is 1. The number of hydrogen-bond donors (Lipinski definition) is 1. The smallest absolute Gasteiger partial charge is 0.352 e. The fraction of sp³-hybridized carbons (Fsp3) is 0.308. The van der Waals surface area contributed by atoms with E-state index in [1.807, 2.05) is 0 Å². The highest BCUT2D eigenvalue weighted by molar-refractivity contribution is 7.86. The van der Waals surface area contributed by atoms with Gasteiger partial charge in [0, 0.05) is 22.6 Å². The van der Waals surface area contributed by atoms with Gasteiger partial charge < -0.3 is 15.1 Å². The van der Waals surface area contributed by atoms with Gasteiger partial charge in [0.2, 0.25) is 12.1 Å². The summed E-state index contributed by atoms with van der Waals surface area (Å²) in [6.45, 7) is -0.0529. The van der Waals surface area contributed by atoms with Gasteiger partial charge in [-0.1, -0.05) is 0 Å². The van der Waals surface area contributed by atoms with Gasteiger partial charge in [-0.05, 0) is 12.1 Å². The topological polar surface area (TPSA) is 111 Å². The van der Waals surface area contributed by atoms with Crippen molar-refractivity contribution in [2.24, 2.45) is 5.92 Å². The maximum absolute atomic E-state index is 12.1. The molecule has 0 spiro atoms. The SMILES string of the molecule is O=C(O)C1=CCS(=O)[C@H]2C(COc3ccc[n+]([O-])c3)C(=O)N12. The van der Waals surface area contributed by atoms with Crippen LogP contribution in [0.2, 0.25) is 0 Å². The van der Waals surface area contributed by atoms with Crippen LogP contribution in [0.4, 0.5) is 0 Å². The number of rotatable bonds is 4. The molecule has 2 unspecified atom stereocenters. The highest BCUT2D eigenvalue weighted by atomic mass is 32.2. The summed E-state index contributed by atoms with van der Waals surface area (Å²) in [5, 5.41) is 19.5. The second-order valence-electron chi connectivity index (χ2n) is 4.86. The standard InChI is InChI=1S/C13H12N2O6S/c16-11-9(7-21-8-2-1-4-14(19)6-8)12-15(11)10(13(17)18)3-5-22(12)20/h1-4,6,9,12H,5,7H2,(H,17,18)/t9?,12-,22?/m0/s1. The third-order valence-corrected chi connectivity index (χ3v) is 5.09. The summed E-state index contributed by atoms with van der Waals surface area (Å²) >= 11 is 0. The first-order chi connectivity index (χ1) is 10.5. The largest absolute Gasteiger partial charge is 0.619 e. The number of nitrogens with zero attached hydrogens (tertiary/aromatic N) is 2. The van der Waals surface area contributed by atoms with Crippen LogP contribution < -0.4 is 9.47 Å². The second-order valence-corrected chi connectivity index (χ2v) is 6.44. The van der Waals surface area contributed by atoms with Crippen molar-refractivity contribution < 1.29 is 28.4 Å². The average Bonchev–Trinajstić information content (AvgIpc) is 2.47. The van der Waals surface area contributed by atoms with Crippen LogP contribution in [0.5, 0.6) is 5.75 Å². The van der Waals surface area contributed by atoms with Gasteiger partial charge in [0.15, 0.2) is 11.9 Å². The predicted octanol–water partition coefficient (Wildman–Crippen LogP) is -0.786. The van der Waals surface area contributed by atoms with Gasteiger partial charge in [-0.15, -0.1) is 0 Å². The summed E-state index contributed by atoms with van der Waals surface area (Å²) in [5.41, 5.74) is -0.136. The Balaban J connectivity index is 1.72. The van der Waals surface area contributed by atoms with Gasteiger partial charge in [0.25, 0.3) is 0 Å². The zero-order chi connectivity index (χ0) is 15.9. The third kappa shape index (κ3) is 2.33. The van der Waals surface area contributed by atoms with Crippen molar-refractivity contribution in [1.29, 1.82) is 0 Å². The Kier molecular flexibility index (Phi) is 3.57. The predicted molar refractivity (Wildman–Crippen MR) is 73.7 cm³/mol. The van der Waals surface area contributed by atoms with Gasteiger partial charge in [-0.3, -0.25) is 13.9 Å². The Hall–Kier alpha value is -2.42. The van der Waals surface area contributed by atoms with Crippen molar-refractivity contribution in [3.63, 3.8) is 0 Å². The van der Waals surface area contributed by atoms with Gasteiger partial charge in [-0.2, -0.15) is 4.73 Å². The molecule has 0 saturated carbocycles. The number of carboxylic acid groups (broad SMARTS) is 1. The summed E-state index contributed by atoms with van der Waals surface area (Å²) in [7, 11) is -1.36. The molecule has 3 atom stereocenters. The van der Waals surface area contributed by atoms with Crippen LogP contribution in [-0.4, -0.2) is 43.8 Å². The molecule has 1 saturated heterocycles. The average molecular weight is 324 g/mol. The van der Waals surface area contributed by atoms with Gasteiger partial charge in [0.05, 0.1) is 0 Å². The molecule has 9 heteroatoms. The number of β-lactam (4-membered cyclic amide) rings is 1. The summed E-state index contributed by atoms with van der Waals surface area (Å²) in [6, 6.07) is 3.07. The summed E-state index contributed by atoms with van der Waals surface area (Å²) in [4.78, 5) is 24.2. The van der Waals surface area contributed by atoms with Crippen LogP contribution >= 0.6 is 0 Å². The lowest BCUT2D eigenvalue weighted by Crippen LogP contribution is -2.66. The van der Waals surface area contributed by atoms with Crippen LogP contribution in [-0.2, 0) is 20.4 Å². The first kappa shape index (κ1) is 14.5. The maximum atomic E-state index is 12.1. The summed E-state index contributed by atoms with van der Waals surface area (Å²) in [5.74, 6) is -1.94. The van der Waals surface area contributed by atoms with E-state index in [0.717, 1.165) is 4.90 Å². The molecular weight excluding hydrogens is 312 g/mol. The van der Waals surface area contributed by atoms with Crippen molar-refractivity contribution in [1.82, 2.24) is 4.90 Å². The van der Waals surface area contributed by atoms with Gasteiger partial charge in [-0.25, -0.2) is 4.79 Å². The van der Waals surface area contributed by atoms with Crippen LogP contribution in [0, 0.1) is 11.1 Å². The van der Waals surface area contributed by atoms with E-state index >= 15 is 0 Å². The number of hydrogen-bond acceptors (Lipinski definition) is 5. The van der Waals surface area contributed by atoms with E-state index in [0.29, 0.717) is 10.5 Å². The fourth-order valence-electron chi connectivity index (χ4n) is 2.49. The van der Waals surface area contributed by atoms with Crippen molar-refractivity contribution >= 4 is 22.7 Å². The van der Waals surface area contributed by atoms with Crippen LogP contribution in [0.15, 0.2) is 36.3 Å². The Morgan fingerprint density at radius 3 is 3.05 bits per heavy atom. The fourth-order valence-corrected chi connectivity index (χ4v) is 4.02. The number of amides is 1. The normalized spacial score (nSPS) is 26.7. The highest BCUT2D eigenvalue weighted by Gasteiger charge is 2.55. The van der Waals surface area contributed by atoms with E-state index in [4.69, 9.17) is 9.84 Å². The molecule has 1 N–H and O–H groups in total. The Bertz CT molecular complexity index is 704. The van der Waals surface area contributed by atoms with Crippen LogP contribution in [0.25, 0.3) is 0 Å². The van der Waals surface area contributed by atoms with Crippen molar-refractivity contribution in [3.05, 3.63) is 41.5 Å². The molecule has 2 aliphatic rings. The van der Waals surface area contributed by atoms with E-state index < -0.39 is 34.0 Å². The second kappa shape index (κ2) is 5.41. The first-order valence-electron chi connectivity index (χ1n) is 6.44. The quantitative estimate of drug-likeness (QED) is 0.442. The molecule has 0 radical (unpaired) electrons. The minimum Gasteiger partial charge on any atom is -0.619 e. The van der Waals surface area contributed by atoms with E-state index in [9.17, 15) is 19.0 Å². The molecule has 1 amide bonds. The van der Waals surface area contributed by atoms with E-state index in [1.165, 1.54) is 24.5 Å². The number of fused-ring (bicyclic) bond motifs is 1. The van der Waals surface area contributed by atoms with Crippen molar-refractivity contribution in [2.75, 3.05) is 12.4 Å². The zero-order valence-electron chi connectivity index (χ0n) is 11.2. The molecule has 116 valence electrons. The molecule has 3 heterocycles. The van der Waals surface area contributed by atoms with Crippen LogP contribution in [0.3, 0.4) is 0 Å². The number of carbonyl (C=O) groups excluding carboxylic acids is 1. The van der Waals surface area contributed by atoms with Crippen molar-refractivity contribution in [2.45, 2.75) is 5.37 Å². The monoisotopic (exact) mass is 324 g/mol.